The minimum absolute atomic E-state index is 0.00867. The number of unbranched alkanes of at least 4 members (excludes halogenated alkanes) is 9. The van der Waals surface area contributed by atoms with Crippen molar-refractivity contribution in [2.45, 2.75) is 157 Å². The molecule has 2 aromatic rings. The third-order valence-corrected chi connectivity index (χ3v) is 16.0. The molecule has 26 heteroatoms. The number of likely N-dealkylation sites (N-methyl/N-ethyl adjacent to an activating group) is 2. The van der Waals surface area contributed by atoms with Crippen LogP contribution in [0.4, 0.5) is 32.3 Å². The molecule has 0 spiro atoms. The number of imide groups is 2. The minimum atomic E-state index is -1.80. The Kier molecular flexibility index (Phi) is 26.3. The van der Waals surface area contributed by atoms with E-state index in [0.717, 1.165) is 29.1 Å². The van der Waals surface area contributed by atoms with Gasteiger partial charge in [0.2, 0.25) is 24.3 Å². The number of benzene rings is 2. The number of amides is 10. The van der Waals surface area contributed by atoms with E-state index < -0.39 is 106 Å². The fourth-order valence-electron chi connectivity index (χ4n) is 8.99. The van der Waals surface area contributed by atoms with Gasteiger partial charge in [-0.15, -0.1) is 0 Å². The predicted molar refractivity (Wildman–Crippen MR) is 316 cm³/mol. The van der Waals surface area contributed by atoms with Gasteiger partial charge in [-0.2, -0.15) is 0 Å². The molecule has 3 fully saturated rings. The summed E-state index contributed by atoms with van der Waals surface area (Å²) in [5, 5.41) is 10.8. The van der Waals surface area contributed by atoms with E-state index in [1.165, 1.54) is 112 Å². The molecule has 10 amide bonds. The minimum Gasteiger partial charge on any atom is -0.495 e. The smallest absolute Gasteiger partial charge is 0.330 e. The van der Waals surface area contributed by atoms with Gasteiger partial charge in [0.1, 0.15) is 11.5 Å². The SMILES string of the molecule is CCCCCCCCCCCCOS(=O)CC(C)C(=O)Nc1ccc(OC)c(NC(=O)C(C(=O)C(C)(C)C)N2C(=O)C(OC)N(C)C2=O)c1.COc1cc(Cl)c(NC(=O)C(C)C)cc1NC(=O)C(C(=O)C1(C)CC1)N1C(=O)C(OC)N(C)C1=O. The molecule has 24 nitrogen and oxygen atoms in total. The number of Topliss-reactive ketones (excluding diaryl/α,β-unsaturated/α-hetero) is 2. The molecule has 84 heavy (non-hydrogen) atoms. The first-order chi connectivity index (χ1) is 39.5. The number of nitrogens with one attached hydrogen (secondary N) is 4. The van der Waals surface area contributed by atoms with Crippen molar-refractivity contribution in [2.24, 2.45) is 22.7 Å². The van der Waals surface area contributed by atoms with Gasteiger partial charge in [-0.25, -0.2) is 23.6 Å². The van der Waals surface area contributed by atoms with E-state index in [9.17, 15) is 52.2 Å². The maximum Gasteiger partial charge on any atom is 0.330 e. The van der Waals surface area contributed by atoms with E-state index in [4.69, 9.17) is 34.7 Å². The van der Waals surface area contributed by atoms with Crippen molar-refractivity contribution < 1.29 is 75.3 Å². The molecule has 0 aromatic heterocycles. The molecule has 3 aliphatic rings. The average molecular weight is 1220 g/mol. The van der Waals surface area contributed by atoms with Crippen molar-refractivity contribution in [3.05, 3.63) is 35.4 Å². The van der Waals surface area contributed by atoms with Crippen LogP contribution < -0.4 is 30.7 Å². The Bertz CT molecular complexity index is 2770. The molecule has 2 aromatic carbocycles. The lowest BCUT2D eigenvalue weighted by molar-refractivity contribution is -0.148. The number of hydrogen-bond acceptors (Lipinski definition) is 16. The number of hydrogen-bond donors (Lipinski definition) is 4. The van der Waals surface area contributed by atoms with Gasteiger partial charge < -0.3 is 40.2 Å². The maximum atomic E-state index is 13.7. The van der Waals surface area contributed by atoms with Crippen LogP contribution in [-0.2, 0) is 63.1 Å². The Morgan fingerprint density at radius 1 is 0.655 bits per heavy atom. The Hall–Kier alpha value is -6.54. The molecular formula is C58H85ClN8O16S. The second-order valence-corrected chi connectivity index (χ2v) is 24.2. The highest BCUT2D eigenvalue weighted by molar-refractivity contribution is 7.80. The van der Waals surface area contributed by atoms with Crippen molar-refractivity contribution in [3.8, 4) is 11.5 Å². The van der Waals surface area contributed by atoms with Crippen LogP contribution in [0.3, 0.4) is 0 Å². The standard InChI is InChI=1S/C35H56N4O9S.C23H29ClN4O7/c1-9-10-11-12-13-14-15-16-17-18-21-48-49(45)23-24(2)30(41)36-25-19-20-27(46-7)26(22-25)37-31(42)28(29(40)35(3,4)5)39-32(43)33(47-8)38(6)34(39)44;1-11(2)18(30)25-13-10-14(15(34-5)9-12(13)24)26-19(31)16(17(29)23(3)7-8-23)28-20(32)21(35-6)27(4)22(28)33/h19-20,22,24,28,33H,9-18,21,23H2,1-8H3,(H,36,41)(H,37,42);9-11,16,21H,7-8H2,1-6H3,(H,25,30)(H,26,31). The number of anilines is 4. The molecule has 6 unspecified atom stereocenters. The summed E-state index contributed by atoms with van der Waals surface area (Å²) in [7, 11) is 7.90. The lowest BCUT2D eigenvalue weighted by Crippen LogP contribution is -2.55. The molecule has 0 radical (unpaired) electrons. The van der Waals surface area contributed by atoms with Crippen molar-refractivity contribution in [2.75, 3.05) is 76.2 Å². The molecule has 2 aliphatic heterocycles. The van der Waals surface area contributed by atoms with Crippen LogP contribution >= 0.6 is 11.6 Å². The van der Waals surface area contributed by atoms with Crippen LogP contribution in [0, 0.1) is 22.7 Å². The van der Waals surface area contributed by atoms with Gasteiger partial charge in [-0.3, -0.25) is 52.3 Å². The highest BCUT2D eigenvalue weighted by Crippen LogP contribution is 2.48. The third-order valence-electron chi connectivity index (χ3n) is 14.5. The summed E-state index contributed by atoms with van der Waals surface area (Å²) in [6.45, 7) is 14.0. The lowest BCUT2D eigenvalue weighted by Gasteiger charge is -2.29. The number of ketones is 2. The summed E-state index contributed by atoms with van der Waals surface area (Å²) in [4.78, 5) is 134. The van der Waals surface area contributed by atoms with Gasteiger partial charge >= 0.3 is 12.1 Å². The van der Waals surface area contributed by atoms with E-state index >= 15 is 0 Å². The number of nitrogens with zero attached hydrogens (tertiary/aromatic N) is 4. The maximum absolute atomic E-state index is 13.7. The number of rotatable bonds is 31. The number of halogens is 1. The van der Waals surface area contributed by atoms with E-state index in [2.05, 4.69) is 28.2 Å². The topological polar surface area (TPSA) is 295 Å². The summed E-state index contributed by atoms with van der Waals surface area (Å²) in [5.41, 5.74) is -1.24. The molecule has 1 aliphatic carbocycles. The molecule has 2 saturated heterocycles. The number of carbonyl (C=O) groups is 10. The molecule has 6 atom stereocenters. The van der Waals surface area contributed by atoms with E-state index in [0.29, 0.717) is 29.2 Å². The molecule has 4 N–H and O–H groups in total. The Morgan fingerprint density at radius 2 is 1.13 bits per heavy atom. The second kappa shape index (κ2) is 31.6. The molecule has 0 bridgehead atoms. The average Bonchev–Trinajstić information content (AvgIpc) is 2.18. The normalized spacial score (nSPS) is 18.0. The quantitative estimate of drug-likeness (QED) is 0.0314. The first kappa shape index (κ1) is 69.9. The largest absolute Gasteiger partial charge is 0.495 e. The van der Waals surface area contributed by atoms with Crippen LogP contribution in [-0.4, -0.2) is 162 Å². The van der Waals surface area contributed by atoms with Crippen LogP contribution in [0.25, 0.3) is 0 Å². The first-order valence-electron chi connectivity index (χ1n) is 28.2. The zero-order valence-corrected chi connectivity index (χ0v) is 52.4. The summed E-state index contributed by atoms with van der Waals surface area (Å²) >= 11 is 4.63. The van der Waals surface area contributed by atoms with Gasteiger partial charge in [0.05, 0.1) is 48.7 Å². The van der Waals surface area contributed by atoms with Crippen molar-refractivity contribution in [1.29, 1.82) is 0 Å². The number of methoxy groups -OCH3 is 4. The molecule has 5 rings (SSSR count). The Labute approximate surface area is 500 Å². The number of carbonyl (C=O) groups excluding carboxylic acids is 10. The molecular weight excluding hydrogens is 1130 g/mol. The van der Waals surface area contributed by atoms with Gasteiger partial charge in [0, 0.05) is 62.7 Å². The first-order valence-corrected chi connectivity index (χ1v) is 29.8. The summed E-state index contributed by atoms with van der Waals surface area (Å²) < 4.78 is 38.8. The fourth-order valence-corrected chi connectivity index (χ4v) is 10.1. The Morgan fingerprint density at radius 3 is 1.60 bits per heavy atom. The highest BCUT2D eigenvalue weighted by atomic mass is 35.5. The third kappa shape index (κ3) is 18.0. The van der Waals surface area contributed by atoms with E-state index in [-0.39, 0.29) is 56.8 Å². The van der Waals surface area contributed by atoms with Crippen LogP contribution in [0.15, 0.2) is 30.3 Å². The molecule has 2 heterocycles. The van der Waals surface area contributed by atoms with Gasteiger partial charge in [0.25, 0.3) is 23.6 Å². The molecule has 466 valence electrons. The summed E-state index contributed by atoms with van der Waals surface area (Å²) in [5.74, 6) is -6.07. The van der Waals surface area contributed by atoms with Crippen LogP contribution in [0.5, 0.6) is 11.5 Å². The van der Waals surface area contributed by atoms with Crippen LogP contribution in [0.1, 0.15) is 132 Å². The van der Waals surface area contributed by atoms with Crippen molar-refractivity contribution in [1.82, 2.24) is 19.6 Å². The summed E-state index contributed by atoms with van der Waals surface area (Å²) in [6.07, 6.45) is 10.4. The van der Waals surface area contributed by atoms with E-state index in [1.807, 2.05) is 0 Å². The lowest BCUT2D eigenvalue weighted by atomic mass is 9.85. The fraction of sp³-hybridized carbons (Fsp3) is 0.621. The van der Waals surface area contributed by atoms with Crippen molar-refractivity contribution in [3.63, 3.8) is 0 Å². The zero-order chi connectivity index (χ0) is 63.0. The summed E-state index contributed by atoms with van der Waals surface area (Å²) in [6, 6.07) is 2.06. The highest BCUT2D eigenvalue weighted by Gasteiger charge is 2.58. The van der Waals surface area contributed by atoms with Crippen molar-refractivity contribution >= 4 is 105 Å². The predicted octanol–water partition coefficient (Wildman–Crippen LogP) is 8.15. The van der Waals surface area contributed by atoms with Crippen LogP contribution in [0.2, 0.25) is 5.02 Å². The number of urea groups is 2. The van der Waals surface area contributed by atoms with Gasteiger partial charge in [-0.1, -0.05) is 125 Å². The van der Waals surface area contributed by atoms with Gasteiger partial charge in [-0.05, 0) is 43.5 Å². The van der Waals surface area contributed by atoms with Gasteiger partial charge in [0.15, 0.2) is 34.7 Å². The Balaban J connectivity index is 0.000000380. The molecule has 1 saturated carbocycles. The van der Waals surface area contributed by atoms with E-state index in [1.54, 1.807) is 54.5 Å². The second-order valence-electron chi connectivity index (χ2n) is 22.7. The monoisotopic (exact) mass is 1220 g/mol. The number of ether oxygens (including phenoxy) is 4. The zero-order valence-electron chi connectivity index (χ0n) is 50.9.